The number of aliphatic hydroxyl groups excluding tert-OH is 1. The van der Waals surface area contributed by atoms with Gasteiger partial charge in [0.15, 0.2) is 0 Å². The Kier molecular flexibility index (Phi) is 3.86. The lowest BCUT2D eigenvalue weighted by atomic mass is 10.1. The number of nitrogens with one attached hydrogen (secondary N) is 1. The summed E-state index contributed by atoms with van der Waals surface area (Å²) in [6.07, 6.45) is -0.850. The second-order valence-corrected chi connectivity index (χ2v) is 3.75. The van der Waals surface area contributed by atoms with Crippen molar-refractivity contribution in [3.05, 3.63) is 28.0 Å². The number of aliphatic hydroxyl groups is 1. The highest BCUT2D eigenvalue weighted by Crippen LogP contribution is 2.29. The van der Waals surface area contributed by atoms with E-state index in [2.05, 4.69) is 21.2 Å². The molecule has 0 bridgehead atoms. The van der Waals surface area contributed by atoms with Crippen molar-refractivity contribution < 1.29 is 14.6 Å². The van der Waals surface area contributed by atoms with Crippen LogP contribution in [0.25, 0.3) is 0 Å². The van der Waals surface area contributed by atoms with Crippen molar-refractivity contribution in [1.82, 2.24) is 5.32 Å². The van der Waals surface area contributed by atoms with Gasteiger partial charge in [-0.1, -0.05) is 0 Å². The van der Waals surface area contributed by atoms with Gasteiger partial charge in [0.2, 0.25) is 0 Å². The minimum absolute atomic E-state index is 0.223. The van der Waals surface area contributed by atoms with Crippen LogP contribution in [-0.4, -0.2) is 23.8 Å². The van der Waals surface area contributed by atoms with Crippen LogP contribution >= 0.6 is 15.9 Å². The number of benzene rings is 1. The number of rotatable bonds is 3. The molecule has 0 spiro atoms. The minimum Gasteiger partial charge on any atom is -0.507 e. The van der Waals surface area contributed by atoms with Crippen LogP contribution in [0, 0.1) is 5.82 Å². The molecule has 0 aliphatic carbocycles. The highest BCUT2D eigenvalue weighted by Gasteiger charge is 2.14. The van der Waals surface area contributed by atoms with Crippen LogP contribution < -0.4 is 5.32 Å². The van der Waals surface area contributed by atoms with E-state index in [1.54, 1.807) is 7.05 Å². The molecule has 1 aromatic rings. The Morgan fingerprint density at radius 2 is 2.21 bits per heavy atom. The fraction of sp³-hybridized carbons (Fsp3) is 0.333. The Labute approximate surface area is 89.7 Å². The van der Waals surface area contributed by atoms with Gasteiger partial charge in [-0.2, -0.15) is 0 Å². The Bertz CT molecular complexity index is 333. The molecule has 0 amide bonds. The van der Waals surface area contributed by atoms with Gasteiger partial charge < -0.3 is 15.5 Å². The average Bonchev–Trinajstić information content (AvgIpc) is 2.11. The molecule has 0 saturated carbocycles. The minimum atomic E-state index is -0.850. The topological polar surface area (TPSA) is 52.5 Å². The Hall–Kier alpha value is -0.650. The summed E-state index contributed by atoms with van der Waals surface area (Å²) >= 11 is 2.98. The van der Waals surface area contributed by atoms with Crippen molar-refractivity contribution in [2.45, 2.75) is 6.10 Å². The van der Waals surface area contributed by atoms with E-state index in [0.29, 0.717) is 12.1 Å². The highest BCUT2D eigenvalue weighted by molar-refractivity contribution is 9.10. The van der Waals surface area contributed by atoms with Gasteiger partial charge in [-0.3, -0.25) is 0 Å². The third-order valence-corrected chi connectivity index (χ3v) is 2.43. The first-order valence-corrected chi connectivity index (χ1v) is 4.86. The van der Waals surface area contributed by atoms with E-state index < -0.39 is 11.9 Å². The Balaban J connectivity index is 3.02. The summed E-state index contributed by atoms with van der Waals surface area (Å²) in [6, 6.07) is 2.34. The molecular formula is C9H11BrFNO2. The van der Waals surface area contributed by atoms with Gasteiger partial charge in [0.25, 0.3) is 0 Å². The van der Waals surface area contributed by atoms with Gasteiger partial charge in [-0.15, -0.1) is 0 Å². The maximum absolute atomic E-state index is 12.9. The summed E-state index contributed by atoms with van der Waals surface area (Å²) in [5.41, 5.74) is 0.299. The molecule has 1 atom stereocenters. The van der Waals surface area contributed by atoms with E-state index in [1.165, 1.54) is 6.07 Å². The zero-order chi connectivity index (χ0) is 10.7. The second kappa shape index (κ2) is 4.72. The largest absolute Gasteiger partial charge is 0.507 e. The van der Waals surface area contributed by atoms with Crippen LogP contribution in [0.2, 0.25) is 0 Å². The molecule has 0 saturated heterocycles. The maximum Gasteiger partial charge on any atom is 0.141 e. The summed E-state index contributed by atoms with van der Waals surface area (Å²) < 4.78 is 13.1. The third-order valence-electron chi connectivity index (χ3n) is 1.83. The van der Waals surface area contributed by atoms with E-state index in [0.717, 1.165) is 6.07 Å². The summed E-state index contributed by atoms with van der Waals surface area (Å²) in [5, 5.41) is 21.7. The van der Waals surface area contributed by atoms with Gasteiger partial charge in [0, 0.05) is 18.2 Å². The van der Waals surface area contributed by atoms with Gasteiger partial charge >= 0.3 is 0 Å². The molecule has 78 valence electrons. The van der Waals surface area contributed by atoms with Crippen LogP contribution in [0.3, 0.4) is 0 Å². The summed E-state index contributed by atoms with van der Waals surface area (Å²) in [7, 11) is 1.68. The molecule has 1 aromatic carbocycles. The molecule has 0 aliphatic heterocycles. The van der Waals surface area contributed by atoms with Gasteiger partial charge in [-0.05, 0) is 29.0 Å². The normalized spacial score (nSPS) is 12.9. The van der Waals surface area contributed by atoms with Gasteiger partial charge in [0.05, 0.1) is 10.6 Å². The fourth-order valence-corrected chi connectivity index (χ4v) is 1.48. The van der Waals surface area contributed by atoms with Crippen molar-refractivity contribution in [2.75, 3.05) is 13.6 Å². The fourth-order valence-electron chi connectivity index (χ4n) is 1.12. The summed E-state index contributed by atoms with van der Waals surface area (Å²) in [6.45, 7) is 0.297. The molecule has 1 unspecified atom stereocenters. The van der Waals surface area contributed by atoms with Crippen LogP contribution in [0.1, 0.15) is 11.7 Å². The molecule has 3 nitrogen and oxygen atoms in total. The number of aromatic hydroxyl groups is 1. The first-order chi connectivity index (χ1) is 6.56. The maximum atomic E-state index is 12.9. The van der Waals surface area contributed by atoms with Crippen LogP contribution in [0.4, 0.5) is 4.39 Å². The van der Waals surface area contributed by atoms with Crippen molar-refractivity contribution in [3.8, 4) is 5.75 Å². The number of likely N-dealkylation sites (N-methyl/N-ethyl adjacent to an activating group) is 1. The zero-order valence-corrected chi connectivity index (χ0v) is 9.18. The van der Waals surface area contributed by atoms with Crippen molar-refractivity contribution in [2.24, 2.45) is 0 Å². The quantitative estimate of drug-likeness (QED) is 0.776. The van der Waals surface area contributed by atoms with Gasteiger partial charge in [0.1, 0.15) is 11.6 Å². The molecular weight excluding hydrogens is 253 g/mol. The monoisotopic (exact) mass is 263 g/mol. The standard InChI is InChI=1S/C9H11BrFNO2/c1-12-4-9(14)5-2-6(10)7(11)3-8(5)13/h2-3,9,12-14H,4H2,1H3. The Morgan fingerprint density at radius 1 is 1.57 bits per heavy atom. The average molecular weight is 264 g/mol. The van der Waals surface area contributed by atoms with E-state index in [4.69, 9.17) is 0 Å². The van der Waals surface area contributed by atoms with Crippen molar-refractivity contribution >= 4 is 15.9 Å². The molecule has 3 N–H and O–H groups in total. The van der Waals surface area contributed by atoms with Crippen molar-refractivity contribution in [1.29, 1.82) is 0 Å². The molecule has 0 aromatic heterocycles. The predicted molar refractivity (Wildman–Crippen MR) is 54.7 cm³/mol. The number of hydrogen-bond acceptors (Lipinski definition) is 3. The number of phenols is 1. The molecule has 1 rings (SSSR count). The summed E-state index contributed by atoms with van der Waals surface area (Å²) in [4.78, 5) is 0. The molecule has 14 heavy (non-hydrogen) atoms. The van der Waals surface area contributed by atoms with Gasteiger partial charge in [-0.25, -0.2) is 4.39 Å². The molecule has 0 fully saturated rings. The van der Waals surface area contributed by atoms with Crippen LogP contribution in [-0.2, 0) is 0 Å². The van der Waals surface area contributed by atoms with Crippen molar-refractivity contribution in [3.63, 3.8) is 0 Å². The van der Waals surface area contributed by atoms with E-state index in [1.807, 2.05) is 0 Å². The first-order valence-electron chi connectivity index (χ1n) is 4.06. The SMILES string of the molecule is CNCC(O)c1cc(Br)c(F)cc1O. The molecule has 0 aliphatic rings. The lowest BCUT2D eigenvalue weighted by Crippen LogP contribution is -2.16. The molecule has 0 radical (unpaired) electrons. The molecule has 0 heterocycles. The Morgan fingerprint density at radius 3 is 2.79 bits per heavy atom. The van der Waals surface area contributed by atoms with Crippen LogP contribution in [0.15, 0.2) is 16.6 Å². The number of phenolic OH excluding ortho intramolecular Hbond substituents is 1. The predicted octanol–water partition coefficient (Wildman–Crippen LogP) is 1.55. The van der Waals surface area contributed by atoms with E-state index in [-0.39, 0.29) is 10.2 Å². The third kappa shape index (κ3) is 2.43. The summed E-state index contributed by atoms with van der Waals surface area (Å²) in [5.74, 6) is -0.795. The van der Waals surface area contributed by atoms with E-state index in [9.17, 15) is 14.6 Å². The smallest absolute Gasteiger partial charge is 0.141 e. The first kappa shape index (κ1) is 11.4. The number of halogens is 2. The van der Waals surface area contributed by atoms with E-state index >= 15 is 0 Å². The zero-order valence-electron chi connectivity index (χ0n) is 7.59. The van der Waals surface area contributed by atoms with Crippen LogP contribution in [0.5, 0.6) is 5.75 Å². The molecule has 5 heteroatoms. The highest BCUT2D eigenvalue weighted by atomic mass is 79.9. The second-order valence-electron chi connectivity index (χ2n) is 2.90. The lowest BCUT2D eigenvalue weighted by Gasteiger charge is -2.12. The lowest BCUT2D eigenvalue weighted by molar-refractivity contribution is 0.173. The number of hydrogen-bond donors (Lipinski definition) is 3.